The van der Waals surface area contributed by atoms with Crippen LogP contribution in [0.3, 0.4) is 0 Å². The molecule has 55 heavy (non-hydrogen) atoms. The number of aromatic amines is 1. The molecule has 0 aliphatic carbocycles. The molecule has 2 unspecified atom stereocenters. The molecule has 0 bridgehead atoms. The molecule has 1 N–H and O–H groups in total. The number of ether oxygens (including phenoxy) is 5. The number of aromatic nitrogens is 2. The van der Waals surface area contributed by atoms with E-state index in [0.717, 1.165) is 46.4 Å². The van der Waals surface area contributed by atoms with Crippen LogP contribution in [-0.2, 0) is 27.2 Å². The molecule has 0 spiro atoms. The van der Waals surface area contributed by atoms with Crippen molar-refractivity contribution < 1.29 is 33.4 Å². The van der Waals surface area contributed by atoms with Crippen LogP contribution in [0.4, 0.5) is 5.69 Å². The highest BCUT2D eigenvalue weighted by Crippen LogP contribution is 2.37. The summed E-state index contributed by atoms with van der Waals surface area (Å²) in [5, 5.41) is 11.4. The Kier molecular flexibility index (Phi) is 12.5. The average molecular weight is 768 g/mol. The minimum Gasteiger partial charge on any atom is -0.497 e. The first-order chi connectivity index (χ1) is 26.6. The molecular weight excluding hydrogens is 727 g/mol. The number of thioether (sulfide) groups is 1. The fourth-order valence-electron chi connectivity index (χ4n) is 6.73. The third-order valence-electron chi connectivity index (χ3n) is 9.55. The Morgan fingerprint density at radius 3 is 2.29 bits per heavy atom. The monoisotopic (exact) mass is 767 g/mol. The van der Waals surface area contributed by atoms with Crippen molar-refractivity contribution in [3.63, 3.8) is 0 Å². The number of nitro groups is 1. The predicted octanol–water partition coefficient (Wildman–Crippen LogP) is 7.12. The second kappa shape index (κ2) is 17.6. The molecule has 1 saturated heterocycles. The number of carbonyl (C=O) groups is 1. The number of rotatable bonds is 15. The molecule has 1 fully saturated rings. The van der Waals surface area contributed by atoms with Crippen LogP contribution in [0.1, 0.15) is 46.2 Å². The van der Waals surface area contributed by atoms with Gasteiger partial charge in [-0.25, -0.2) is 9.59 Å². The predicted molar refractivity (Wildman–Crippen MR) is 208 cm³/mol. The molecule has 5 aromatic rings. The summed E-state index contributed by atoms with van der Waals surface area (Å²) >= 11 is 1.33. The first-order valence-electron chi connectivity index (χ1n) is 17.6. The molecule has 286 valence electrons. The van der Waals surface area contributed by atoms with Gasteiger partial charge in [-0.1, -0.05) is 42.5 Å². The van der Waals surface area contributed by atoms with E-state index in [9.17, 15) is 24.5 Å². The number of esters is 1. The second-order valence-corrected chi connectivity index (χ2v) is 14.0. The van der Waals surface area contributed by atoms with Gasteiger partial charge in [-0.2, -0.15) is 0 Å². The summed E-state index contributed by atoms with van der Waals surface area (Å²) < 4.78 is 29.7. The second-order valence-electron chi connectivity index (χ2n) is 12.8. The molecule has 0 radical (unpaired) electrons. The van der Waals surface area contributed by atoms with E-state index in [1.165, 1.54) is 28.5 Å². The van der Waals surface area contributed by atoms with Crippen molar-refractivity contribution in [1.82, 2.24) is 9.55 Å². The molecule has 1 aliphatic heterocycles. The van der Waals surface area contributed by atoms with Gasteiger partial charge in [0.1, 0.15) is 23.3 Å². The Balaban J connectivity index is 1.16. The number of benzene rings is 4. The Hall–Kier alpha value is -5.70. The van der Waals surface area contributed by atoms with Crippen LogP contribution in [0.2, 0.25) is 0 Å². The third-order valence-corrected chi connectivity index (χ3v) is 10.5. The number of methoxy groups -OCH3 is 3. The van der Waals surface area contributed by atoms with Crippen LogP contribution in [0.15, 0.2) is 99.4 Å². The Morgan fingerprint density at radius 1 is 0.945 bits per heavy atom. The SMILES string of the molecule is COC(=O)c1cc(SCCc2c(C)c(=O)[nH]c(=O)n2C2CCC(COCc3cccc(-c4ccc(OC)cc4)c3-c3ccc(OC)cc3)O2)ccc1[N+](=O)[O-]. The molecule has 0 amide bonds. The van der Waals surface area contributed by atoms with Crippen molar-refractivity contribution in [1.29, 1.82) is 0 Å². The average Bonchev–Trinajstić information content (AvgIpc) is 3.67. The minimum absolute atomic E-state index is 0.156. The van der Waals surface area contributed by atoms with E-state index < -0.39 is 28.4 Å². The zero-order valence-corrected chi connectivity index (χ0v) is 31.7. The lowest BCUT2D eigenvalue weighted by Crippen LogP contribution is -2.37. The standard InChI is InChI=1S/C41H41N3O10S/c1-25-35(20-21-55-32-17-18-36(44(48)49)34(22-32)40(46)52-4)43(41(47)42-39(25)45)37-19-16-31(54-37)24-53-23-28-6-5-7-33(26-8-12-29(50-2)13-9-26)38(28)27-10-14-30(51-3)15-11-27/h5-15,17-18,22,31,37H,16,19-21,23-24H2,1-4H3,(H,42,45,47). The zero-order valence-electron chi connectivity index (χ0n) is 30.9. The van der Waals surface area contributed by atoms with Gasteiger partial charge < -0.3 is 23.7 Å². The Morgan fingerprint density at radius 2 is 1.64 bits per heavy atom. The van der Waals surface area contributed by atoms with Crippen molar-refractivity contribution >= 4 is 23.4 Å². The highest BCUT2D eigenvalue weighted by Gasteiger charge is 2.30. The molecule has 2 atom stereocenters. The summed E-state index contributed by atoms with van der Waals surface area (Å²) in [5.74, 6) is 1.12. The van der Waals surface area contributed by atoms with Crippen LogP contribution < -0.4 is 20.7 Å². The van der Waals surface area contributed by atoms with E-state index in [4.69, 9.17) is 23.7 Å². The number of hydrogen-bond donors (Lipinski definition) is 1. The van der Waals surface area contributed by atoms with E-state index in [1.807, 2.05) is 60.7 Å². The maximum Gasteiger partial charge on any atom is 0.344 e. The van der Waals surface area contributed by atoms with Crippen LogP contribution in [0.5, 0.6) is 11.5 Å². The van der Waals surface area contributed by atoms with E-state index in [-0.39, 0.29) is 24.0 Å². The largest absolute Gasteiger partial charge is 0.497 e. The quantitative estimate of drug-likeness (QED) is 0.0500. The van der Waals surface area contributed by atoms with E-state index in [2.05, 4.69) is 11.1 Å². The van der Waals surface area contributed by atoms with E-state index in [0.29, 0.717) is 47.8 Å². The first kappa shape index (κ1) is 39.0. The molecular formula is C41H41N3O10S. The lowest BCUT2D eigenvalue weighted by molar-refractivity contribution is -0.385. The smallest absolute Gasteiger partial charge is 0.344 e. The van der Waals surface area contributed by atoms with Gasteiger partial charge >= 0.3 is 11.7 Å². The topological polar surface area (TPSA) is 161 Å². The van der Waals surface area contributed by atoms with Crippen molar-refractivity contribution in [3.05, 3.63) is 138 Å². The van der Waals surface area contributed by atoms with Crippen molar-refractivity contribution in [3.8, 4) is 33.8 Å². The van der Waals surface area contributed by atoms with Gasteiger partial charge in [-0.05, 0) is 90.4 Å². The van der Waals surface area contributed by atoms with Crippen LogP contribution in [0, 0.1) is 17.0 Å². The van der Waals surface area contributed by atoms with Crippen molar-refractivity contribution in [2.45, 2.75) is 50.0 Å². The zero-order chi connectivity index (χ0) is 39.1. The van der Waals surface area contributed by atoms with Crippen LogP contribution in [0.25, 0.3) is 22.3 Å². The molecule has 6 rings (SSSR count). The Bertz CT molecular complexity index is 2290. The third kappa shape index (κ3) is 8.83. The van der Waals surface area contributed by atoms with E-state index in [1.54, 1.807) is 27.2 Å². The van der Waals surface area contributed by atoms with Crippen LogP contribution in [-0.4, -0.2) is 60.2 Å². The highest BCUT2D eigenvalue weighted by atomic mass is 32.2. The van der Waals surface area contributed by atoms with Crippen LogP contribution >= 0.6 is 11.8 Å². The summed E-state index contributed by atoms with van der Waals surface area (Å²) in [4.78, 5) is 51.9. The van der Waals surface area contributed by atoms with Crippen molar-refractivity contribution in [2.75, 3.05) is 33.7 Å². The molecule has 14 heteroatoms. The van der Waals surface area contributed by atoms with Crippen molar-refractivity contribution in [2.24, 2.45) is 0 Å². The number of nitro benzene ring substituents is 1. The molecule has 1 aromatic heterocycles. The van der Waals surface area contributed by atoms with Gasteiger partial charge in [-0.3, -0.25) is 24.5 Å². The van der Waals surface area contributed by atoms with Gasteiger partial charge in [0.25, 0.3) is 11.2 Å². The van der Waals surface area contributed by atoms with Gasteiger partial charge in [0.15, 0.2) is 0 Å². The maximum absolute atomic E-state index is 13.2. The molecule has 1 aliphatic rings. The fraction of sp³-hybridized carbons (Fsp3) is 0.293. The number of hydrogen-bond acceptors (Lipinski definition) is 11. The fourth-order valence-corrected chi connectivity index (χ4v) is 7.63. The number of carbonyl (C=O) groups excluding carboxylic acids is 1. The van der Waals surface area contributed by atoms with Gasteiger partial charge in [0.2, 0.25) is 0 Å². The minimum atomic E-state index is -0.815. The summed E-state index contributed by atoms with van der Waals surface area (Å²) in [5.41, 5.74) is 4.49. The Labute approximate surface area is 321 Å². The summed E-state index contributed by atoms with van der Waals surface area (Å²) in [6, 6.07) is 26.2. The maximum atomic E-state index is 13.2. The molecule has 4 aromatic carbocycles. The summed E-state index contributed by atoms with van der Waals surface area (Å²) in [7, 11) is 4.44. The van der Waals surface area contributed by atoms with Gasteiger partial charge in [0, 0.05) is 28.0 Å². The van der Waals surface area contributed by atoms with Gasteiger partial charge in [-0.15, -0.1) is 11.8 Å². The normalized spacial score (nSPS) is 15.1. The molecule has 13 nitrogen and oxygen atoms in total. The van der Waals surface area contributed by atoms with Gasteiger partial charge in [0.05, 0.1) is 45.6 Å². The number of H-pyrrole nitrogens is 1. The number of nitrogens with one attached hydrogen (secondary N) is 1. The molecule has 2 heterocycles. The van der Waals surface area contributed by atoms with E-state index >= 15 is 0 Å². The first-order valence-corrected chi connectivity index (χ1v) is 18.6. The lowest BCUT2D eigenvalue weighted by atomic mass is 9.90. The molecule has 0 saturated carbocycles. The lowest BCUT2D eigenvalue weighted by Gasteiger charge is -2.21. The highest BCUT2D eigenvalue weighted by molar-refractivity contribution is 7.99. The summed E-state index contributed by atoms with van der Waals surface area (Å²) in [6.45, 7) is 2.26. The summed E-state index contributed by atoms with van der Waals surface area (Å²) in [6.07, 6.45) is 0.585. The number of nitrogens with zero attached hydrogens (tertiary/aromatic N) is 2.